The summed E-state index contributed by atoms with van der Waals surface area (Å²) in [6, 6.07) is 0. The first-order valence-corrected chi connectivity index (χ1v) is 9.52. The maximum Gasteiger partial charge on any atom is 0.245 e. The lowest BCUT2D eigenvalue weighted by Gasteiger charge is -2.16. The molecule has 1 atom stereocenters. The zero-order valence-electron chi connectivity index (χ0n) is 13.8. The summed E-state index contributed by atoms with van der Waals surface area (Å²) in [5, 5.41) is -0.0861. The Labute approximate surface area is 139 Å². The van der Waals surface area contributed by atoms with Crippen molar-refractivity contribution in [1.29, 1.82) is 0 Å². The molecule has 2 aromatic heterocycles. The first-order valence-electron chi connectivity index (χ1n) is 7.63. The molecule has 0 N–H and O–H groups in total. The van der Waals surface area contributed by atoms with Crippen molar-refractivity contribution in [3.05, 3.63) is 6.33 Å². The minimum Gasteiger partial charge on any atom is -0.471 e. The van der Waals surface area contributed by atoms with E-state index in [1.807, 2.05) is 6.92 Å². The molecule has 24 heavy (non-hydrogen) atoms. The highest BCUT2D eigenvalue weighted by molar-refractivity contribution is 7.90. The molecule has 1 unspecified atom stereocenters. The van der Waals surface area contributed by atoms with Crippen molar-refractivity contribution in [2.45, 2.75) is 31.0 Å². The predicted octanol–water partition coefficient (Wildman–Crippen LogP) is 0.156. The first kappa shape index (κ1) is 16.6. The summed E-state index contributed by atoms with van der Waals surface area (Å²) >= 11 is 0. The topological polar surface area (TPSA) is 107 Å². The molecule has 1 aliphatic rings. The minimum absolute atomic E-state index is 0.0861. The summed E-state index contributed by atoms with van der Waals surface area (Å²) in [5.74, 6) is 0.326. The van der Waals surface area contributed by atoms with Crippen LogP contribution in [0, 0.1) is 0 Å². The van der Waals surface area contributed by atoms with Crippen LogP contribution in [-0.2, 0) is 21.7 Å². The molecular formula is C14H19N5O4S. The number of likely N-dealkylation sites (tertiary alicyclic amines) is 1. The lowest BCUT2D eigenvalue weighted by Crippen LogP contribution is -2.30. The molecule has 0 bridgehead atoms. The average Bonchev–Trinajstić information content (AvgIpc) is 3.12. The molecule has 0 spiro atoms. The fraction of sp³-hybridized carbons (Fsp3) is 0.571. The van der Waals surface area contributed by atoms with Crippen LogP contribution in [0.25, 0.3) is 11.2 Å². The third-order valence-corrected chi connectivity index (χ3v) is 5.02. The van der Waals surface area contributed by atoms with Gasteiger partial charge in [-0.3, -0.25) is 4.79 Å². The van der Waals surface area contributed by atoms with Gasteiger partial charge in [0.05, 0.1) is 6.54 Å². The molecule has 1 amide bonds. The number of amides is 1. The quantitative estimate of drug-likeness (QED) is 0.770. The van der Waals surface area contributed by atoms with Gasteiger partial charge in [0.1, 0.15) is 12.4 Å². The minimum atomic E-state index is -3.49. The van der Waals surface area contributed by atoms with E-state index in [1.165, 1.54) is 10.9 Å². The average molecular weight is 353 g/mol. The van der Waals surface area contributed by atoms with E-state index in [1.54, 1.807) is 11.9 Å². The standard InChI is InChI=1S/C14H19N5O4S/c1-4-10(20)19-6-5-9(7-19)23-13-11-12(15-8-16-13)18(2)14(17-11)24(3,21)22/h8-9H,4-7H2,1-3H3. The lowest BCUT2D eigenvalue weighted by molar-refractivity contribution is -0.130. The fourth-order valence-electron chi connectivity index (χ4n) is 2.81. The van der Waals surface area contributed by atoms with Crippen molar-refractivity contribution in [2.75, 3.05) is 19.3 Å². The van der Waals surface area contributed by atoms with Crippen molar-refractivity contribution in [3.63, 3.8) is 0 Å². The zero-order chi connectivity index (χ0) is 17.5. The maximum absolute atomic E-state index is 11.8. The van der Waals surface area contributed by atoms with E-state index < -0.39 is 9.84 Å². The van der Waals surface area contributed by atoms with Crippen LogP contribution in [0.1, 0.15) is 19.8 Å². The van der Waals surface area contributed by atoms with Gasteiger partial charge in [0.2, 0.25) is 26.8 Å². The monoisotopic (exact) mass is 353 g/mol. The van der Waals surface area contributed by atoms with Crippen LogP contribution in [-0.4, -0.2) is 64.2 Å². The smallest absolute Gasteiger partial charge is 0.245 e. The number of carbonyl (C=O) groups excluding carboxylic acids is 1. The summed E-state index contributed by atoms with van der Waals surface area (Å²) in [5.41, 5.74) is 0.695. The van der Waals surface area contributed by atoms with Crippen molar-refractivity contribution in [2.24, 2.45) is 7.05 Å². The largest absolute Gasteiger partial charge is 0.471 e. The Bertz CT molecular complexity index is 892. The van der Waals surface area contributed by atoms with Crippen molar-refractivity contribution in [1.82, 2.24) is 24.4 Å². The van der Waals surface area contributed by atoms with E-state index in [0.29, 0.717) is 37.1 Å². The van der Waals surface area contributed by atoms with Gasteiger partial charge in [0.15, 0.2) is 11.2 Å². The van der Waals surface area contributed by atoms with Crippen LogP contribution >= 0.6 is 0 Å². The summed E-state index contributed by atoms with van der Waals surface area (Å²) in [6.07, 6.45) is 3.37. The van der Waals surface area contributed by atoms with Gasteiger partial charge < -0.3 is 14.2 Å². The number of nitrogens with zero attached hydrogens (tertiary/aromatic N) is 5. The van der Waals surface area contributed by atoms with E-state index in [9.17, 15) is 13.2 Å². The number of hydrogen-bond donors (Lipinski definition) is 0. The number of rotatable bonds is 4. The number of aryl methyl sites for hydroxylation is 1. The number of aromatic nitrogens is 4. The number of carbonyl (C=O) groups is 1. The highest BCUT2D eigenvalue weighted by Crippen LogP contribution is 2.25. The molecule has 130 valence electrons. The zero-order valence-corrected chi connectivity index (χ0v) is 14.6. The number of hydrogen-bond acceptors (Lipinski definition) is 7. The number of fused-ring (bicyclic) bond motifs is 1. The third kappa shape index (κ3) is 2.93. The normalized spacial score (nSPS) is 18.3. The second-order valence-corrected chi connectivity index (χ2v) is 7.71. The Morgan fingerprint density at radius 1 is 1.42 bits per heavy atom. The Morgan fingerprint density at radius 3 is 2.83 bits per heavy atom. The van der Waals surface area contributed by atoms with Crippen molar-refractivity contribution < 1.29 is 17.9 Å². The Kier molecular flexibility index (Phi) is 4.16. The molecule has 1 fully saturated rings. The van der Waals surface area contributed by atoms with Crippen molar-refractivity contribution in [3.8, 4) is 5.88 Å². The first-order chi connectivity index (χ1) is 11.3. The maximum atomic E-state index is 11.8. The van der Waals surface area contributed by atoms with Crippen LogP contribution < -0.4 is 4.74 Å². The van der Waals surface area contributed by atoms with Crippen LogP contribution in [0.4, 0.5) is 0 Å². The molecule has 0 saturated carbocycles. The highest BCUT2D eigenvalue weighted by Gasteiger charge is 2.28. The van der Waals surface area contributed by atoms with Crippen LogP contribution in [0.2, 0.25) is 0 Å². The van der Waals surface area contributed by atoms with Gasteiger partial charge in [-0.05, 0) is 0 Å². The number of ether oxygens (including phenoxy) is 1. The second kappa shape index (κ2) is 6.00. The van der Waals surface area contributed by atoms with Crippen molar-refractivity contribution >= 4 is 26.9 Å². The second-order valence-electron chi connectivity index (χ2n) is 5.80. The van der Waals surface area contributed by atoms with Gasteiger partial charge in [0, 0.05) is 32.7 Å². The molecule has 1 aliphatic heterocycles. The molecule has 10 heteroatoms. The number of sulfone groups is 1. The van der Waals surface area contributed by atoms with Gasteiger partial charge in [0.25, 0.3) is 0 Å². The molecule has 0 aromatic carbocycles. The Balaban J connectivity index is 1.90. The van der Waals surface area contributed by atoms with E-state index >= 15 is 0 Å². The molecule has 3 rings (SSSR count). The molecule has 3 heterocycles. The highest BCUT2D eigenvalue weighted by atomic mass is 32.2. The molecular weight excluding hydrogens is 334 g/mol. The third-order valence-electron chi connectivity index (χ3n) is 3.99. The van der Waals surface area contributed by atoms with Gasteiger partial charge in [-0.2, -0.15) is 4.98 Å². The van der Waals surface area contributed by atoms with Gasteiger partial charge in [-0.25, -0.2) is 18.4 Å². The summed E-state index contributed by atoms with van der Waals surface area (Å²) in [7, 11) is -1.90. The molecule has 1 saturated heterocycles. The molecule has 9 nitrogen and oxygen atoms in total. The predicted molar refractivity (Wildman–Crippen MR) is 85.3 cm³/mol. The van der Waals surface area contributed by atoms with E-state index in [-0.39, 0.29) is 23.0 Å². The summed E-state index contributed by atoms with van der Waals surface area (Å²) in [6.45, 7) is 2.96. The molecule has 0 radical (unpaired) electrons. The van der Waals surface area contributed by atoms with Crippen LogP contribution in [0.15, 0.2) is 11.5 Å². The van der Waals surface area contributed by atoms with E-state index in [0.717, 1.165) is 6.26 Å². The lowest BCUT2D eigenvalue weighted by atomic mass is 10.3. The van der Waals surface area contributed by atoms with Gasteiger partial charge in [-0.1, -0.05) is 6.92 Å². The van der Waals surface area contributed by atoms with Gasteiger partial charge in [-0.15, -0.1) is 0 Å². The van der Waals surface area contributed by atoms with E-state index in [4.69, 9.17) is 4.74 Å². The molecule has 0 aliphatic carbocycles. The number of imidazole rings is 1. The van der Waals surface area contributed by atoms with Gasteiger partial charge >= 0.3 is 0 Å². The molecule has 2 aromatic rings. The summed E-state index contributed by atoms with van der Waals surface area (Å²) < 4.78 is 30.9. The Morgan fingerprint density at radius 2 is 2.17 bits per heavy atom. The van der Waals surface area contributed by atoms with Crippen LogP contribution in [0.5, 0.6) is 5.88 Å². The fourth-order valence-corrected chi connectivity index (χ4v) is 3.65. The summed E-state index contributed by atoms with van der Waals surface area (Å²) in [4.78, 5) is 25.8. The Hall–Kier alpha value is -2.23. The SMILES string of the molecule is CCC(=O)N1CCC(Oc2ncnc3c2nc(S(C)(=O)=O)n3C)C1. The van der Waals surface area contributed by atoms with Crippen LogP contribution in [0.3, 0.4) is 0 Å². The van der Waals surface area contributed by atoms with E-state index in [2.05, 4.69) is 15.0 Å².